The number of Topliss-reactive ketones (excluding diaryl/α,β-unsaturated/α-hetero) is 3. The molecule has 2 aromatic rings. The first-order valence-corrected chi connectivity index (χ1v) is 34.0. The number of benzene rings is 1. The van der Waals surface area contributed by atoms with Crippen molar-refractivity contribution in [2.45, 2.75) is 217 Å². The number of aromatic nitrogens is 2. The second-order valence-electron chi connectivity index (χ2n) is 29.5. The van der Waals surface area contributed by atoms with Crippen molar-refractivity contribution < 1.29 is 67.7 Å². The molecule has 12 atom stereocenters. The summed E-state index contributed by atoms with van der Waals surface area (Å²) in [6.07, 6.45) is -1.94. The maximum absolute atomic E-state index is 15.5. The minimum absolute atomic E-state index is 0.0120. The summed E-state index contributed by atoms with van der Waals surface area (Å²) < 4.78 is 1.74. The third kappa shape index (κ3) is 21.2. The van der Waals surface area contributed by atoms with Gasteiger partial charge in [0.25, 0.3) is 0 Å². The van der Waals surface area contributed by atoms with E-state index in [4.69, 9.17) is 4.98 Å². The summed E-state index contributed by atoms with van der Waals surface area (Å²) in [5, 5.41) is 25.1. The molecule has 0 unspecified atom stereocenters. The lowest BCUT2D eigenvalue weighted by Gasteiger charge is -2.41. The highest BCUT2D eigenvalue weighted by molar-refractivity contribution is 6.00. The van der Waals surface area contributed by atoms with E-state index < -0.39 is 167 Å². The Labute approximate surface area is 564 Å². The van der Waals surface area contributed by atoms with Crippen LogP contribution in [0.5, 0.6) is 0 Å². The molecule has 95 heavy (non-hydrogen) atoms. The van der Waals surface area contributed by atoms with Crippen LogP contribution in [0, 0.1) is 59.2 Å². The molecule has 0 spiro atoms. The maximum atomic E-state index is 15.5. The summed E-state index contributed by atoms with van der Waals surface area (Å²) in [4.78, 5) is 188. The zero-order valence-corrected chi connectivity index (χ0v) is 61.5. The zero-order chi connectivity index (χ0) is 72.9. The Kier molecular flexibility index (Phi) is 30.9. The number of hydrogen-bond donors (Lipinski definition) is 3. The van der Waals surface area contributed by atoms with Crippen molar-refractivity contribution in [3.05, 3.63) is 29.6 Å². The molecule has 3 N–H and O–H groups in total. The fourth-order valence-corrected chi connectivity index (χ4v) is 13.0. The highest BCUT2D eigenvalue weighted by Gasteiger charge is 2.46. The van der Waals surface area contributed by atoms with E-state index in [0.717, 1.165) is 4.90 Å². The Morgan fingerprint density at radius 1 is 0.547 bits per heavy atom. The lowest BCUT2D eigenvalue weighted by Crippen LogP contribution is -2.62. The van der Waals surface area contributed by atoms with Crippen LogP contribution in [0.2, 0.25) is 0 Å². The predicted molar refractivity (Wildman–Crippen MR) is 364 cm³/mol. The number of nitrogens with zero attached hydrogens (tertiary/aromatic N) is 9. The lowest BCUT2D eigenvalue weighted by atomic mass is 9.84. The number of amides is 8. The molecule has 1 fully saturated rings. The molecule has 534 valence electrons. The van der Waals surface area contributed by atoms with E-state index in [9.17, 15) is 48.6 Å². The molecule has 0 bridgehead atoms. The Balaban J connectivity index is 2.35. The van der Waals surface area contributed by atoms with Crippen LogP contribution >= 0.6 is 0 Å². The molecular weight excluding hydrogens is 1220 g/mol. The molecule has 0 radical (unpaired) electrons. The van der Waals surface area contributed by atoms with Crippen LogP contribution in [0.4, 0.5) is 0 Å². The molecule has 0 saturated carbocycles. The van der Waals surface area contributed by atoms with Crippen molar-refractivity contribution in [3.8, 4) is 0 Å². The molecule has 24 nitrogen and oxygen atoms in total. The van der Waals surface area contributed by atoms with Gasteiger partial charge in [-0.3, -0.25) is 52.7 Å². The predicted octanol–water partition coefficient (Wildman–Crippen LogP) is 6.40. The Morgan fingerprint density at radius 3 is 1.49 bits per heavy atom. The summed E-state index contributed by atoms with van der Waals surface area (Å²) in [5.74, 6) is -12.6. The highest BCUT2D eigenvalue weighted by Crippen LogP contribution is 2.30. The average Bonchev–Trinajstić information content (AvgIpc) is 1.76. The third-order valence-corrected chi connectivity index (χ3v) is 19.0. The summed E-state index contributed by atoms with van der Waals surface area (Å²) in [7, 11) is 11.8. The first-order chi connectivity index (χ1) is 43.9. The number of aliphatic hydroxyl groups excluding tert-OH is 1. The van der Waals surface area contributed by atoms with Gasteiger partial charge in [0.15, 0.2) is 17.3 Å². The van der Waals surface area contributed by atoms with Crippen LogP contribution < -0.4 is 5.32 Å². The van der Waals surface area contributed by atoms with Gasteiger partial charge >= 0.3 is 5.97 Å². The van der Waals surface area contributed by atoms with Crippen molar-refractivity contribution in [2.24, 2.45) is 66.2 Å². The van der Waals surface area contributed by atoms with Crippen molar-refractivity contribution in [1.82, 2.24) is 49.2 Å². The van der Waals surface area contributed by atoms with Crippen molar-refractivity contribution in [1.29, 1.82) is 0 Å². The largest absolute Gasteiger partial charge is 0.478 e. The number of carbonyl (C=O) groups is 12. The first kappa shape index (κ1) is 82.1. The Hall–Kier alpha value is -7.11. The number of rotatable bonds is 16. The van der Waals surface area contributed by atoms with Crippen molar-refractivity contribution >= 4 is 81.6 Å². The third-order valence-electron chi connectivity index (χ3n) is 19.0. The molecule has 1 aliphatic heterocycles. The topological polar surface area (TPSA) is 298 Å². The minimum Gasteiger partial charge on any atom is -0.478 e. The normalized spacial score (nSPS) is 25.5. The summed E-state index contributed by atoms with van der Waals surface area (Å²) >= 11 is 0. The number of carboxylic acids is 1. The number of hydrogen-bond acceptors (Lipinski definition) is 14. The standard InChI is InChI=1S/C71H116N10O14/c1-25-47-35-58(84)62(63(86)44(14)33-59-73-50-34-48(71(94)95)26-27-51(50)75(59)18)81(24)70(93)61(43(12)13)80(23)69(92)55(31-41(8)9)79(22)68(91)54(30-40(6)7)78(21)65(88)46(16)72-64(87)45(15)32-56(82)53(29-39(4)5)77(20)67(90)49(42(10)11)36-57(83)52(28-38(2)3)76(19)60(85)37-74(17)66(47)89/h26-27,34,38-47,49,52-55,61-63,86H,25,28-33,35-37H2,1-24H3,(H,72,87)(H,94,95)/t44-,45-,46-,47-,49+,52+,53+,54+,55+,61+,62-,63-/m1/s1. The van der Waals surface area contributed by atoms with E-state index >= 15 is 19.2 Å². The van der Waals surface area contributed by atoms with Gasteiger partial charge in [0, 0.05) is 99.8 Å². The number of fused-ring (bicyclic) bond motifs is 1. The average molecular weight is 1330 g/mol. The van der Waals surface area contributed by atoms with Crippen LogP contribution in [0.15, 0.2) is 18.2 Å². The van der Waals surface area contributed by atoms with Crippen LogP contribution in [0.25, 0.3) is 11.0 Å². The van der Waals surface area contributed by atoms with E-state index in [0.29, 0.717) is 16.9 Å². The Bertz CT molecular complexity index is 3060. The summed E-state index contributed by atoms with van der Waals surface area (Å²) in [6, 6.07) is -4.07. The van der Waals surface area contributed by atoms with E-state index in [1.807, 2.05) is 55.4 Å². The molecular formula is C71H116N10O14. The molecule has 24 heteroatoms. The zero-order valence-electron chi connectivity index (χ0n) is 61.5. The smallest absolute Gasteiger partial charge is 0.335 e. The van der Waals surface area contributed by atoms with Gasteiger partial charge in [0.1, 0.15) is 36.0 Å². The van der Waals surface area contributed by atoms with Crippen molar-refractivity contribution in [3.63, 3.8) is 0 Å². The van der Waals surface area contributed by atoms with Crippen LogP contribution in [0.3, 0.4) is 0 Å². The monoisotopic (exact) mass is 1330 g/mol. The quantitative estimate of drug-likeness (QED) is 0.164. The number of aryl methyl sites for hydroxylation is 1. The van der Waals surface area contributed by atoms with E-state index in [-0.39, 0.29) is 80.6 Å². The number of imidazole rings is 1. The fourth-order valence-electron chi connectivity index (χ4n) is 13.0. The number of aromatic carboxylic acids is 1. The minimum atomic E-state index is -1.66. The van der Waals surface area contributed by atoms with E-state index in [1.165, 1.54) is 97.8 Å². The van der Waals surface area contributed by atoms with Gasteiger partial charge in [-0.05, 0) is 98.7 Å². The van der Waals surface area contributed by atoms with Crippen molar-refractivity contribution in [2.75, 3.05) is 55.9 Å². The highest BCUT2D eigenvalue weighted by atomic mass is 16.4. The SMILES string of the molecule is CC[C@@H]1CC(=O)[C@H]([C@H](O)[C@H](C)Cc2nc3cc(C(=O)O)ccc3n2C)N(C)C(=O)[C@H](C(C)C)N(C)C(=O)[C@H](CC(C)C)N(C)C(=O)[C@H](CC(C)C)N(C)C(=O)[C@@H](C)NC(=O)[C@H](C)CC(=O)[C@H](CC(C)C)N(C)C(=O)[C@H](C(C)C)CC(=O)[C@H](CC(C)C)N(C)C(=O)CN(C)C1=O. The van der Waals surface area contributed by atoms with Crippen LogP contribution in [0.1, 0.15) is 178 Å². The number of likely N-dealkylation sites (N-methyl/N-ethyl adjacent to an activating group) is 7. The van der Waals surface area contributed by atoms with Crippen LogP contribution in [-0.2, 0) is 66.2 Å². The number of nitrogens with one attached hydrogen (secondary N) is 1. The number of aliphatic hydroxyl groups is 1. The molecule has 2 heterocycles. The fraction of sp³-hybridized carbons (Fsp3) is 0.732. The van der Waals surface area contributed by atoms with Gasteiger partial charge in [-0.25, -0.2) is 9.78 Å². The first-order valence-electron chi connectivity index (χ1n) is 34.0. The molecule has 3 rings (SSSR count). The molecule has 0 aliphatic carbocycles. The molecule has 1 aromatic carbocycles. The van der Waals surface area contributed by atoms with Crippen LogP contribution in [-0.4, -0.2) is 229 Å². The van der Waals surface area contributed by atoms with E-state index in [1.54, 1.807) is 66.1 Å². The second-order valence-corrected chi connectivity index (χ2v) is 29.5. The van der Waals surface area contributed by atoms with Gasteiger partial charge in [0.2, 0.25) is 47.3 Å². The molecule has 1 aromatic heterocycles. The van der Waals surface area contributed by atoms with Gasteiger partial charge in [-0.1, -0.05) is 104 Å². The Morgan fingerprint density at radius 2 is 1.01 bits per heavy atom. The summed E-state index contributed by atoms with van der Waals surface area (Å²) in [6.45, 7) is 27.9. The van der Waals surface area contributed by atoms with Gasteiger partial charge < -0.3 is 54.4 Å². The number of ketones is 3. The van der Waals surface area contributed by atoms with Gasteiger partial charge in [-0.15, -0.1) is 0 Å². The van der Waals surface area contributed by atoms with Gasteiger partial charge in [0.05, 0.1) is 41.3 Å². The number of carbonyl (C=O) groups excluding carboxylic acids is 11. The van der Waals surface area contributed by atoms with Gasteiger partial charge in [-0.2, -0.15) is 0 Å². The van der Waals surface area contributed by atoms with E-state index in [2.05, 4.69) is 5.32 Å². The molecule has 1 saturated heterocycles. The lowest BCUT2D eigenvalue weighted by molar-refractivity contribution is -0.157. The molecule has 8 amide bonds. The second kappa shape index (κ2) is 35.8. The number of carboxylic acid groups (broad SMARTS) is 1. The summed E-state index contributed by atoms with van der Waals surface area (Å²) in [5.41, 5.74) is 0.988. The maximum Gasteiger partial charge on any atom is 0.335 e. The molecule has 1 aliphatic rings.